The molecule has 0 saturated carbocycles. The van der Waals surface area contributed by atoms with Crippen LogP contribution in [0.2, 0.25) is 0 Å². The summed E-state index contributed by atoms with van der Waals surface area (Å²) in [4.78, 5) is 26.2. The fourth-order valence-electron chi connectivity index (χ4n) is 1.65. The first-order chi connectivity index (χ1) is 9.49. The lowest BCUT2D eigenvalue weighted by atomic mass is 10.1. The van der Waals surface area contributed by atoms with Gasteiger partial charge in [-0.3, -0.25) is 10.1 Å². The topological polar surface area (TPSA) is 105 Å². The van der Waals surface area contributed by atoms with Crippen LogP contribution in [0.5, 0.6) is 0 Å². The Bertz CT molecular complexity index is 668. The molecule has 0 amide bonds. The first-order valence-corrected chi connectivity index (χ1v) is 6.51. The second-order valence-corrected chi connectivity index (χ2v) is 4.95. The van der Waals surface area contributed by atoms with Gasteiger partial charge in [-0.1, -0.05) is 0 Å². The summed E-state index contributed by atoms with van der Waals surface area (Å²) in [5, 5.41) is 22.8. The van der Waals surface area contributed by atoms with Crippen molar-refractivity contribution in [3.63, 3.8) is 0 Å². The second-order valence-electron chi connectivity index (χ2n) is 4.01. The quantitative estimate of drug-likeness (QED) is 0.648. The molecule has 0 radical (unpaired) electrons. The molecule has 0 atom stereocenters. The summed E-state index contributed by atoms with van der Waals surface area (Å²) < 4.78 is 0. The Morgan fingerprint density at radius 2 is 2.30 bits per heavy atom. The van der Waals surface area contributed by atoms with Crippen molar-refractivity contribution < 1.29 is 14.8 Å². The van der Waals surface area contributed by atoms with E-state index < -0.39 is 16.6 Å². The van der Waals surface area contributed by atoms with E-state index in [2.05, 4.69) is 10.3 Å². The average molecular weight is 293 g/mol. The van der Waals surface area contributed by atoms with Crippen molar-refractivity contribution in [3.8, 4) is 0 Å². The first-order valence-electron chi connectivity index (χ1n) is 5.63. The van der Waals surface area contributed by atoms with Crippen LogP contribution < -0.4 is 5.32 Å². The molecule has 7 nitrogen and oxygen atoms in total. The van der Waals surface area contributed by atoms with Gasteiger partial charge >= 0.3 is 5.97 Å². The Kier molecular flexibility index (Phi) is 3.94. The Balaban J connectivity index is 2.21. The number of hydrogen-bond donors (Lipinski definition) is 2. The Hall–Kier alpha value is -2.48. The Morgan fingerprint density at radius 3 is 2.85 bits per heavy atom. The molecule has 0 fully saturated rings. The van der Waals surface area contributed by atoms with Gasteiger partial charge in [-0.05, 0) is 19.1 Å². The minimum Gasteiger partial charge on any atom is -0.477 e. The van der Waals surface area contributed by atoms with Gasteiger partial charge in [-0.15, -0.1) is 11.3 Å². The van der Waals surface area contributed by atoms with E-state index in [0.717, 1.165) is 10.6 Å². The van der Waals surface area contributed by atoms with E-state index in [1.807, 2.05) is 6.92 Å². The van der Waals surface area contributed by atoms with Gasteiger partial charge in [0.1, 0.15) is 5.56 Å². The first kappa shape index (κ1) is 13.9. The number of benzene rings is 1. The van der Waals surface area contributed by atoms with Crippen molar-refractivity contribution in [1.29, 1.82) is 0 Å². The van der Waals surface area contributed by atoms with Gasteiger partial charge in [0.25, 0.3) is 5.69 Å². The Morgan fingerprint density at radius 1 is 1.55 bits per heavy atom. The summed E-state index contributed by atoms with van der Waals surface area (Å²) in [6.07, 6.45) is 0. The number of rotatable bonds is 5. The zero-order chi connectivity index (χ0) is 14.7. The van der Waals surface area contributed by atoms with Crippen LogP contribution in [-0.4, -0.2) is 21.0 Å². The van der Waals surface area contributed by atoms with Gasteiger partial charge in [0.15, 0.2) is 0 Å². The monoisotopic (exact) mass is 293 g/mol. The SMILES string of the molecule is Cc1ncsc1CNc1ccc([N+](=O)[O-])c(C(=O)O)c1. The minimum atomic E-state index is -1.32. The van der Waals surface area contributed by atoms with Gasteiger partial charge in [-0.25, -0.2) is 9.78 Å². The number of carbonyl (C=O) groups is 1. The molecular weight excluding hydrogens is 282 g/mol. The van der Waals surface area contributed by atoms with Crippen LogP contribution in [-0.2, 0) is 6.54 Å². The van der Waals surface area contributed by atoms with Crippen LogP contribution in [0.1, 0.15) is 20.9 Å². The lowest BCUT2D eigenvalue weighted by molar-refractivity contribution is -0.385. The number of nitrogens with one attached hydrogen (secondary N) is 1. The highest BCUT2D eigenvalue weighted by Crippen LogP contribution is 2.23. The molecule has 2 rings (SSSR count). The van der Waals surface area contributed by atoms with E-state index in [-0.39, 0.29) is 5.56 Å². The van der Waals surface area contributed by atoms with Gasteiger partial charge in [-0.2, -0.15) is 0 Å². The van der Waals surface area contributed by atoms with Crippen molar-refractivity contribution in [2.24, 2.45) is 0 Å². The number of thiazole rings is 1. The Labute approximate surface area is 118 Å². The number of aromatic carboxylic acids is 1. The molecule has 0 unspecified atom stereocenters. The maximum atomic E-state index is 11.0. The van der Waals surface area contributed by atoms with Gasteiger partial charge < -0.3 is 10.4 Å². The van der Waals surface area contributed by atoms with Gasteiger partial charge in [0.2, 0.25) is 0 Å². The number of hydrogen-bond acceptors (Lipinski definition) is 6. The molecule has 1 aromatic carbocycles. The number of carboxylic acids is 1. The van der Waals surface area contributed by atoms with Gasteiger partial charge in [0.05, 0.1) is 22.7 Å². The molecule has 104 valence electrons. The number of aromatic nitrogens is 1. The van der Waals surface area contributed by atoms with Crippen LogP contribution in [0.25, 0.3) is 0 Å². The van der Waals surface area contributed by atoms with Crippen LogP contribution in [0, 0.1) is 17.0 Å². The predicted octanol–water partition coefficient (Wildman–Crippen LogP) is 2.67. The normalized spacial score (nSPS) is 10.2. The van der Waals surface area contributed by atoms with Crippen molar-refractivity contribution in [1.82, 2.24) is 4.98 Å². The molecule has 0 saturated heterocycles. The molecule has 0 aliphatic carbocycles. The summed E-state index contributed by atoms with van der Waals surface area (Å²) in [7, 11) is 0. The standard InChI is InChI=1S/C12H11N3O4S/c1-7-11(20-6-14-7)5-13-8-2-3-10(15(18)19)9(4-8)12(16)17/h2-4,6,13H,5H2,1H3,(H,16,17). The number of nitro groups is 1. The number of aryl methyl sites for hydroxylation is 1. The smallest absolute Gasteiger partial charge is 0.342 e. The molecule has 1 aromatic heterocycles. The zero-order valence-electron chi connectivity index (χ0n) is 10.5. The summed E-state index contributed by atoms with van der Waals surface area (Å²) in [6.45, 7) is 2.37. The zero-order valence-corrected chi connectivity index (χ0v) is 11.3. The van der Waals surface area contributed by atoms with Gasteiger partial charge in [0, 0.05) is 16.6 Å². The fourth-order valence-corrected chi connectivity index (χ4v) is 2.37. The molecule has 0 aliphatic heterocycles. The van der Waals surface area contributed by atoms with E-state index in [1.165, 1.54) is 29.5 Å². The average Bonchev–Trinajstić information content (AvgIpc) is 2.81. The fraction of sp³-hybridized carbons (Fsp3) is 0.167. The predicted molar refractivity (Wildman–Crippen MR) is 74.2 cm³/mol. The summed E-state index contributed by atoms with van der Waals surface area (Å²) in [5.74, 6) is -1.32. The van der Waals surface area contributed by atoms with Crippen molar-refractivity contribution in [3.05, 3.63) is 50.0 Å². The maximum absolute atomic E-state index is 11.0. The molecule has 2 N–H and O–H groups in total. The lowest BCUT2D eigenvalue weighted by Gasteiger charge is -2.06. The molecule has 20 heavy (non-hydrogen) atoms. The third-order valence-electron chi connectivity index (χ3n) is 2.72. The number of carboxylic acid groups (broad SMARTS) is 1. The molecule has 1 heterocycles. The van der Waals surface area contributed by atoms with E-state index in [1.54, 1.807) is 5.51 Å². The number of nitrogens with zero attached hydrogens (tertiary/aromatic N) is 2. The van der Waals surface area contributed by atoms with Crippen LogP contribution in [0.4, 0.5) is 11.4 Å². The third-order valence-corrected chi connectivity index (χ3v) is 3.66. The summed E-state index contributed by atoms with van der Waals surface area (Å²) in [6, 6.07) is 3.93. The highest BCUT2D eigenvalue weighted by molar-refractivity contribution is 7.09. The number of nitro benzene ring substituents is 1. The van der Waals surface area contributed by atoms with Crippen molar-refractivity contribution >= 4 is 28.7 Å². The molecular formula is C12H11N3O4S. The van der Waals surface area contributed by atoms with Crippen molar-refractivity contribution in [2.75, 3.05) is 5.32 Å². The van der Waals surface area contributed by atoms with E-state index >= 15 is 0 Å². The highest BCUT2D eigenvalue weighted by atomic mass is 32.1. The van der Waals surface area contributed by atoms with E-state index in [9.17, 15) is 14.9 Å². The van der Waals surface area contributed by atoms with Crippen LogP contribution >= 0.6 is 11.3 Å². The summed E-state index contributed by atoms with van der Waals surface area (Å²) >= 11 is 1.49. The largest absolute Gasteiger partial charge is 0.477 e. The third kappa shape index (κ3) is 2.91. The molecule has 2 aromatic rings. The van der Waals surface area contributed by atoms with Crippen LogP contribution in [0.15, 0.2) is 23.7 Å². The molecule has 0 bridgehead atoms. The van der Waals surface area contributed by atoms with E-state index in [0.29, 0.717) is 12.2 Å². The second kappa shape index (κ2) is 5.66. The molecule has 8 heteroatoms. The lowest BCUT2D eigenvalue weighted by Crippen LogP contribution is -2.05. The minimum absolute atomic E-state index is 0.332. The maximum Gasteiger partial charge on any atom is 0.342 e. The van der Waals surface area contributed by atoms with Crippen molar-refractivity contribution in [2.45, 2.75) is 13.5 Å². The van der Waals surface area contributed by atoms with E-state index in [4.69, 9.17) is 5.11 Å². The highest BCUT2D eigenvalue weighted by Gasteiger charge is 2.19. The molecule has 0 spiro atoms. The van der Waals surface area contributed by atoms with Crippen LogP contribution in [0.3, 0.4) is 0 Å². The molecule has 0 aliphatic rings. The number of anilines is 1. The summed E-state index contributed by atoms with van der Waals surface area (Å²) in [5.41, 5.74) is 2.40.